The van der Waals surface area contributed by atoms with Crippen LogP contribution in [0, 0.1) is 0 Å². The number of aliphatic hydroxyl groups is 1. The van der Waals surface area contributed by atoms with Crippen LogP contribution in [0.15, 0.2) is 12.7 Å². The summed E-state index contributed by atoms with van der Waals surface area (Å²) in [4.78, 5) is 0. The zero-order chi connectivity index (χ0) is 7.98. The quantitative estimate of drug-likeness (QED) is 0.561. The van der Waals surface area contributed by atoms with Crippen LogP contribution in [0.5, 0.6) is 0 Å². The number of rotatable bonds is 5. The van der Waals surface area contributed by atoms with Crippen LogP contribution in [-0.4, -0.2) is 23.8 Å². The van der Waals surface area contributed by atoms with E-state index in [0.29, 0.717) is 0 Å². The first-order valence-electron chi connectivity index (χ1n) is 3.74. The van der Waals surface area contributed by atoms with E-state index in [1.165, 1.54) is 0 Å². The van der Waals surface area contributed by atoms with Crippen LogP contribution in [0.1, 0.15) is 20.3 Å². The second-order valence-electron chi connectivity index (χ2n) is 2.43. The van der Waals surface area contributed by atoms with Gasteiger partial charge in [-0.3, -0.25) is 0 Å². The van der Waals surface area contributed by atoms with Gasteiger partial charge in [0.25, 0.3) is 0 Å². The molecule has 2 atom stereocenters. The average molecular weight is 143 g/mol. The van der Waals surface area contributed by atoms with Gasteiger partial charge in [0.1, 0.15) is 0 Å². The van der Waals surface area contributed by atoms with E-state index in [9.17, 15) is 0 Å². The molecule has 0 aromatic heterocycles. The lowest BCUT2D eigenvalue weighted by Crippen LogP contribution is -2.37. The lowest BCUT2D eigenvalue weighted by molar-refractivity contribution is 0.147. The molecule has 0 aliphatic carbocycles. The number of nitrogens with one attached hydrogen (secondary N) is 1. The lowest BCUT2D eigenvalue weighted by Gasteiger charge is -2.18. The Morgan fingerprint density at radius 1 is 1.70 bits per heavy atom. The maximum Gasteiger partial charge on any atom is 0.0668 e. The van der Waals surface area contributed by atoms with Crippen molar-refractivity contribution in [3.63, 3.8) is 0 Å². The molecule has 0 aromatic carbocycles. The van der Waals surface area contributed by atoms with Gasteiger partial charge in [0.15, 0.2) is 0 Å². The molecular formula is C8H17NO. The highest BCUT2D eigenvalue weighted by molar-refractivity contribution is 4.80. The third-order valence-corrected chi connectivity index (χ3v) is 1.47. The highest BCUT2D eigenvalue weighted by Gasteiger charge is 2.09. The van der Waals surface area contributed by atoms with Crippen LogP contribution in [0.3, 0.4) is 0 Å². The minimum atomic E-state index is -0.294. The predicted octanol–water partition coefficient (Wildman–Crippen LogP) is 0.921. The molecule has 0 amide bonds. The van der Waals surface area contributed by atoms with Gasteiger partial charge in [-0.25, -0.2) is 0 Å². The van der Waals surface area contributed by atoms with Crippen LogP contribution in [0.4, 0.5) is 0 Å². The summed E-state index contributed by atoms with van der Waals surface area (Å²) in [7, 11) is 0. The van der Waals surface area contributed by atoms with Crippen molar-refractivity contribution in [3.8, 4) is 0 Å². The number of hydrogen-bond donors (Lipinski definition) is 2. The van der Waals surface area contributed by atoms with Crippen LogP contribution in [0.2, 0.25) is 0 Å². The first kappa shape index (κ1) is 9.66. The van der Waals surface area contributed by atoms with E-state index in [4.69, 9.17) is 5.11 Å². The molecule has 0 aromatic rings. The molecule has 0 saturated heterocycles. The maximum absolute atomic E-state index is 9.16. The van der Waals surface area contributed by atoms with E-state index in [0.717, 1.165) is 13.0 Å². The fourth-order valence-electron chi connectivity index (χ4n) is 0.893. The standard InChI is InChI=1S/C8H17NO/c1-4-6-8(7(3)10)9-5-2/h4,7-10H,1,5-6H2,2-3H3. The number of aliphatic hydroxyl groups excluding tert-OH is 1. The van der Waals surface area contributed by atoms with Crippen molar-refractivity contribution in [1.82, 2.24) is 5.32 Å². The molecule has 0 aliphatic heterocycles. The van der Waals surface area contributed by atoms with Gasteiger partial charge in [0, 0.05) is 6.04 Å². The summed E-state index contributed by atoms with van der Waals surface area (Å²) in [6.07, 6.45) is 2.35. The first-order valence-corrected chi connectivity index (χ1v) is 3.74. The Hall–Kier alpha value is -0.340. The molecule has 0 spiro atoms. The van der Waals surface area contributed by atoms with Gasteiger partial charge in [0.05, 0.1) is 6.10 Å². The zero-order valence-electron chi connectivity index (χ0n) is 6.80. The smallest absolute Gasteiger partial charge is 0.0668 e. The summed E-state index contributed by atoms with van der Waals surface area (Å²) in [5.74, 6) is 0. The molecule has 0 rings (SSSR count). The van der Waals surface area contributed by atoms with E-state index in [1.807, 2.05) is 13.0 Å². The molecule has 0 heterocycles. The Kier molecular flexibility index (Phi) is 5.26. The zero-order valence-corrected chi connectivity index (χ0v) is 6.80. The molecule has 0 aliphatic rings. The van der Waals surface area contributed by atoms with Crippen molar-refractivity contribution in [2.45, 2.75) is 32.4 Å². The van der Waals surface area contributed by atoms with Gasteiger partial charge in [-0.05, 0) is 19.9 Å². The molecule has 10 heavy (non-hydrogen) atoms. The fourth-order valence-corrected chi connectivity index (χ4v) is 0.893. The SMILES string of the molecule is C=CCC(NCC)C(C)O. The molecule has 60 valence electrons. The summed E-state index contributed by atoms with van der Waals surface area (Å²) < 4.78 is 0. The molecular weight excluding hydrogens is 126 g/mol. The molecule has 0 bridgehead atoms. The molecule has 2 N–H and O–H groups in total. The molecule has 0 saturated carbocycles. The highest BCUT2D eigenvalue weighted by Crippen LogP contribution is 1.98. The topological polar surface area (TPSA) is 32.3 Å². The minimum absolute atomic E-state index is 0.169. The van der Waals surface area contributed by atoms with Crippen molar-refractivity contribution in [2.75, 3.05) is 6.54 Å². The van der Waals surface area contributed by atoms with Gasteiger partial charge in [-0.2, -0.15) is 0 Å². The molecule has 2 nitrogen and oxygen atoms in total. The third-order valence-electron chi connectivity index (χ3n) is 1.47. The maximum atomic E-state index is 9.16. The predicted molar refractivity (Wildman–Crippen MR) is 44.0 cm³/mol. The van der Waals surface area contributed by atoms with Gasteiger partial charge >= 0.3 is 0 Å². The third kappa shape index (κ3) is 3.64. The number of likely N-dealkylation sites (N-methyl/N-ethyl adjacent to an activating group) is 1. The summed E-state index contributed by atoms with van der Waals surface area (Å²) in [5, 5.41) is 12.3. The van der Waals surface area contributed by atoms with Crippen LogP contribution in [0.25, 0.3) is 0 Å². The Morgan fingerprint density at radius 3 is 2.60 bits per heavy atom. The van der Waals surface area contributed by atoms with Crippen molar-refractivity contribution >= 4 is 0 Å². The molecule has 2 unspecified atom stereocenters. The van der Waals surface area contributed by atoms with Gasteiger partial charge in [-0.1, -0.05) is 13.0 Å². The second-order valence-corrected chi connectivity index (χ2v) is 2.43. The van der Waals surface area contributed by atoms with Crippen molar-refractivity contribution < 1.29 is 5.11 Å². The Labute approximate surface area is 62.9 Å². The molecule has 2 heteroatoms. The van der Waals surface area contributed by atoms with E-state index in [2.05, 4.69) is 11.9 Å². The lowest BCUT2D eigenvalue weighted by atomic mass is 10.1. The van der Waals surface area contributed by atoms with E-state index in [-0.39, 0.29) is 12.1 Å². The van der Waals surface area contributed by atoms with Crippen LogP contribution in [-0.2, 0) is 0 Å². The van der Waals surface area contributed by atoms with Crippen molar-refractivity contribution in [3.05, 3.63) is 12.7 Å². The van der Waals surface area contributed by atoms with E-state index < -0.39 is 0 Å². The molecule has 0 radical (unpaired) electrons. The summed E-state index contributed by atoms with van der Waals surface area (Å²) in [6.45, 7) is 8.32. The Balaban J connectivity index is 3.60. The fraction of sp³-hybridized carbons (Fsp3) is 0.750. The molecule has 0 fully saturated rings. The first-order chi connectivity index (χ1) is 4.72. The normalized spacial score (nSPS) is 16.3. The summed E-state index contributed by atoms with van der Waals surface area (Å²) in [6, 6.07) is 0.169. The second kappa shape index (κ2) is 5.45. The highest BCUT2D eigenvalue weighted by atomic mass is 16.3. The van der Waals surface area contributed by atoms with Crippen molar-refractivity contribution in [2.24, 2.45) is 0 Å². The van der Waals surface area contributed by atoms with E-state index >= 15 is 0 Å². The number of hydrogen-bond acceptors (Lipinski definition) is 2. The van der Waals surface area contributed by atoms with Crippen LogP contribution >= 0.6 is 0 Å². The van der Waals surface area contributed by atoms with Gasteiger partial charge in [0.2, 0.25) is 0 Å². The minimum Gasteiger partial charge on any atom is -0.392 e. The Morgan fingerprint density at radius 2 is 2.30 bits per heavy atom. The van der Waals surface area contributed by atoms with Gasteiger partial charge in [-0.15, -0.1) is 6.58 Å². The monoisotopic (exact) mass is 143 g/mol. The Bertz CT molecular complexity index is 91.3. The van der Waals surface area contributed by atoms with E-state index in [1.54, 1.807) is 6.92 Å². The van der Waals surface area contributed by atoms with Crippen molar-refractivity contribution in [1.29, 1.82) is 0 Å². The summed E-state index contributed by atoms with van der Waals surface area (Å²) >= 11 is 0. The van der Waals surface area contributed by atoms with Gasteiger partial charge < -0.3 is 10.4 Å². The summed E-state index contributed by atoms with van der Waals surface area (Å²) in [5.41, 5.74) is 0. The average Bonchev–Trinajstić information content (AvgIpc) is 1.87. The largest absolute Gasteiger partial charge is 0.392 e. The van der Waals surface area contributed by atoms with Crippen LogP contribution < -0.4 is 5.32 Å².